The fraction of sp³-hybridized carbons (Fsp3) is 0.571. The van der Waals surface area contributed by atoms with Crippen molar-refractivity contribution in [1.82, 2.24) is 4.90 Å². The standard InChI is InChI=1S/C14H21ClN2/c15-8-4-5-9-16-10-12-17(13-11-16)14-6-2-1-3-7-14/h1-3,6-7H,4-5,8-13H2. The second kappa shape index (κ2) is 6.87. The quantitative estimate of drug-likeness (QED) is 0.587. The predicted octanol–water partition coefficient (Wildman–Crippen LogP) is 2.83. The summed E-state index contributed by atoms with van der Waals surface area (Å²) in [5.74, 6) is 0.796. The first-order valence-corrected chi connectivity index (χ1v) is 7.02. The van der Waals surface area contributed by atoms with Crippen molar-refractivity contribution in [2.75, 3.05) is 43.5 Å². The minimum absolute atomic E-state index is 0.796. The molecule has 0 atom stereocenters. The molecule has 1 aromatic carbocycles. The Bertz CT molecular complexity index is 307. The van der Waals surface area contributed by atoms with Gasteiger partial charge in [0.25, 0.3) is 0 Å². The van der Waals surface area contributed by atoms with Crippen LogP contribution in [0.2, 0.25) is 0 Å². The average Bonchev–Trinajstić information content (AvgIpc) is 2.41. The molecule has 0 aliphatic carbocycles. The second-order valence-corrected chi connectivity index (χ2v) is 4.94. The molecule has 94 valence electrons. The third-order valence-corrected chi connectivity index (χ3v) is 3.62. The summed E-state index contributed by atoms with van der Waals surface area (Å²) in [4.78, 5) is 5.02. The minimum atomic E-state index is 0.796. The molecule has 1 fully saturated rings. The van der Waals surface area contributed by atoms with Gasteiger partial charge in [0.2, 0.25) is 0 Å². The fourth-order valence-corrected chi connectivity index (χ4v) is 2.49. The van der Waals surface area contributed by atoms with E-state index in [9.17, 15) is 0 Å². The van der Waals surface area contributed by atoms with E-state index < -0.39 is 0 Å². The number of hydrogen-bond acceptors (Lipinski definition) is 2. The summed E-state index contributed by atoms with van der Waals surface area (Å²) in [6.45, 7) is 5.85. The van der Waals surface area contributed by atoms with Gasteiger partial charge in [-0.15, -0.1) is 11.6 Å². The third kappa shape index (κ3) is 3.90. The van der Waals surface area contributed by atoms with Crippen molar-refractivity contribution < 1.29 is 0 Å². The van der Waals surface area contributed by atoms with E-state index in [0.717, 1.165) is 25.4 Å². The van der Waals surface area contributed by atoms with Crippen LogP contribution in [0, 0.1) is 0 Å². The van der Waals surface area contributed by atoms with Crippen LogP contribution >= 0.6 is 11.6 Å². The molecule has 1 heterocycles. The molecule has 3 heteroatoms. The lowest BCUT2D eigenvalue weighted by Gasteiger charge is -2.36. The molecule has 0 spiro atoms. The number of para-hydroxylation sites is 1. The number of nitrogens with zero attached hydrogens (tertiary/aromatic N) is 2. The van der Waals surface area contributed by atoms with Gasteiger partial charge in [-0.2, -0.15) is 0 Å². The van der Waals surface area contributed by atoms with Gasteiger partial charge >= 0.3 is 0 Å². The van der Waals surface area contributed by atoms with Crippen LogP contribution in [0.4, 0.5) is 5.69 Å². The Morgan fingerprint density at radius 1 is 0.941 bits per heavy atom. The minimum Gasteiger partial charge on any atom is -0.369 e. The SMILES string of the molecule is ClCCCCN1CCN(c2ccccc2)CC1. The average molecular weight is 253 g/mol. The maximum atomic E-state index is 5.70. The molecule has 17 heavy (non-hydrogen) atoms. The smallest absolute Gasteiger partial charge is 0.0367 e. The van der Waals surface area contributed by atoms with Crippen LogP contribution in [0.3, 0.4) is 0 Å². The van der Waals surface area contributed by atoms with Crippen LogP contribution in [-0.2, 0) is 0 Å². The van der Waals surface area contributed by atoms with Gasteiger partial charge in [-0.1, -0.05) is 18.2 Å². The molecule has 0 aromatic heterocycles. The summed E-state index contributed by atoms with van der Waals surface area (Å²) in [6, 6.07) is 10.7. The number of rotatable bonds is 5. The zero-order valence-electron chi connectivity index (χ0n) is 10.3. The molecular formula is C14H21ClN2. The molecule has 0 saturated carbocycles. The number of benzene rings is 1. The van der Waals surface area contributed by atoms with Crippen molar-refractivity contribution >= 4 is 17.3 Å². The number of piperazine rings is 1. The second-order valence-electron chi connectivity index (χ2n) is 4.56. The molecule has 1 aliphatic heterocycles. The van der Waals surface area contributed by atoms with E-state index in [0.29, 0.717) is 0 Å². The zero-order valence-corrected chi connectivity index (χ0v) is 11.1. The Hall–Kier alpha value is -0.730. The van der Waals surface area contributed by atoms with E-state index in [1.807, 2.05) is 0 Å². The van der Waals surface area contributed by atoms with Crippen LogP contribution in [0.15, 0.2) is 30.3 Å². The summed E-state index contributed by atoms with van der Waals surface area (Å²) < 4.78 is 0. The van der Waals surface area contributed by atoms with Crippen molar-refractivity contribution in [2.45, 2.75) is 12.8 Å². The molecular weight excluding hydrogens is 232 g/mol. The fourth-order valence-electron chi connectivity index (χ4n) is 2.30. The number of unbranched alkanes of at least 4 members (excludes halogenated alkanes) is 1. The molecule has 1 saturated heterocycles. The third-order valence-electron chi connectivity index (χ3n) is 3.35. The van der Waals surface area contributed by atoms with Crippen molar-refractivity contribution in [3.8, 4) is 0 Å². The van der Waals surface area contributed by atoms with E-state index in [2.05, 4.69) is 40.1 Å². The molecule has 2 rings (SSSR count). The Balaban J connectivity index is 1.74. The Morgan fingerprint density at radius 2 is 1.65 bits per heavy atom. The lowest BCUT2D eigenvalue weighted by atomic mass is 10.2. The van der Waals surface area contributed by atoms with E-state index in [1.165, 1.54) is 31.7 Å². The molecule has 1 aromatic rings. The van der Waals surface area contributed by atoms with Crippen LogP contribution in [0.5, 0.6) is 0 Å². The van der Waals surface area contributed by atoms with E-state index in [1.54, 1.807) is 0 Å². The maximum Gasteiger partial charge on any atom is 0.0367 e. The molecule has 2 nitrogen and oxygen atoms in total. The maximum absolute atomic E-state index is 5.70. The summed E-state index contributed by atoms with van der Waals surface area (Å²) in [5.41, 5.74) is 1.35. The predicted molar refractivity (Wildman–Crippen MR) is 75.0 cm³/mol. The molecule has 1 aliphatic rings. The number of anilines is 1. The van der Waals surface area contributed by atoms with Crippen molar-refractivity contribution in [2.24, 2.45) is 0 Å². The first kappa shape index (κ1) is 12.7. The van der Waals surface area contributed by atoms with Gasteiger partial charge in [-0.05, 0) is 31.5 Å². The highest BCUT2D eigenvalue weighted by Crippen LogP contribution is 2.15. The normalized spacial score (nSPS) is 17.4. The van der Waals surface area contributed by atoms with Crippen LogP contribution < -0.4 is 4.90 Å². The topological polar surface area (TPSA) is 6.48 Å². The van der Waals surface area contributed by atoms with E-state index in [-0.39, 0.29) is 0 Å². The van der Waals surface area contributed by atoms with E-state index >= 15 is 0 Å². The summed E-state index contributed by atoms with van der Waals surface area (Å²) in [6.07, 6.45) is 2.37. The van der Waals surface area contributed by atoms with Gasteiger partial charge in [-0.3, -0.25) is 4.90 Å². The summed E-state index contributed by atoms with van der Waals surface area (Å²) in [5, 5.41) is 0. The van der Waals surface area contributed by atoms with Crippen LogP contribution in [-0.4, -0.2) is 43.5 Å². The monoisotopic (exact) mass is 252 g/mol. The van der Waals surface area contributed by atoms with Crippen molar-refractivity contribution in [3.05, 3.63) is 30.3 Å². The number of alkyl halides is 1. The lowest BCUT2D eigenvalue weighted by Crippen LogP contribution is -2.46. The van der Waals surface area contributed by atoms with Crippen LogP contribution in [0.25, 0.3) is 0 Å². The summed E-state index contributed by atoms with van der Waals surface area (Å²) in [7, 11) is 0. The van der Waals surface area contributed by atoms with Crippen molar-refractivity contribution in [1.29, 1.82) is 0 Å². The molecule has 0 radical (unpaired) electrons. The van der Waals surface area contributed by atoms with E-state index in [4.69, 9.17) is 11.6 Å². The summed E-state index contributed by atoms with van der Waals surface area (Å²) >= 11 is 5.70. The largest absolute Gasteiger partial charge is 0.369 e. The van der Waals surface area contributed by atoms with Gasteiger partial charge in [0, 0.05) is 37.7 Å². The zero-order chi connectivity index (χ0) is 11.9. The Kier molecular flexibility index (Phi) is 5.14. The van der Waals surface area contributed by atoms with Gasteiger partial charge in [-0.25, -0.2) is 0 Å². The Labute approximate surface area is 109 Å². The van der Waals surface area contributed by atoms with Gasteiger partial charge < -0.3 is 4.90 Å². The number of hydrogen-bond donors (Lipinski definition) is 0. The highest BCUT2D eigenvalue weighted by molar-refractivity contribution is 6.17. The first-order valence-electron chi connectivity index (χ1n) is 6.48. The molecule has 0 amide bonds. The van der Waals surface area contributed by atoms with Gasteiger partial charge in [0.05, 0.1) is 0 Å². The number of halogens is 1. The van der Waals surface area contributed by atoms with Gasteiger partial charge in [0.1, 0.15) is 0 Å². The van der Waals surface area contributed by atoms with Crippen LogP contribution in [0.1, 0.15) is 12.8 Å². The highest BCUT2D eigenvalue weighted by atomic mass is 35.5. The Morgan fingerprint density at radius 3 is 2.29 bits per heavy atom. The van der Waals surface area contributed by atoms with Gasteiger partial charge in [0.15, 0.2) is 0 Å². The lowest BCUT2D eigenvalue weighted by molar-refractivity contribution is 0.254. The molecule has 0 unspecified atom stereocenters. The highest BCUT2D eigenvalue weighted by Gasteiger charge is 2.16. The molecule has 0 bridgehead atoms. The molecule has 0 N–H and O–H groups in total. The van der Waals surface area contributed by atoms with Crippen molar-refractivity contribution in [3.63, 3.8) is 0 Å². The first-order chi connectivity index (χ1) is 8.40.